The van der Waals surface area contributed by atoms with E-state index in [9.17, 15) is 4.39 Å². The van der Waals surface area contributed by atoms with E-state index in [-0.39, 0.29) is 5.82 Å². The second-order valence-corrected chi connectivity index (χ2v) is 7.07. The lowest BCUT2D eigenvalue weighted by atomic mass is 9.80. The van der Waals surface area contributed by atoms with Crippen LogP contribution in [0.4, 0.5) is 4.39 Å². The van der Waals surface area contributed by atoms with Crippen LogP contribution in [0.1, 0.15) is 57.4 Å². The van der Waals surface area contributed by atoms with E-state index in [0.29, 0.717) is 5.92 Å². The van der Waals surface area contributed by atoms with Crippen molar-refractivity contribution in [1.29, 1.82) is 0 Å². The molecule has 1 fully saturated rings. The molecular weight excluding hydrogens is 309 g/mol. The first-order chi connectivity index (χ1) is 12.2. The zero-order chi connectivity index (χ0) is 17.5. The van der Waals surface area contributed by atoms with E-state index >= 15 is 0 Å². The Morgan fingerprint density at radius 3 is 2.44 bits per heavy atom. The Kier molecular flexibility index (Phi) is 6.23. The van der Waals surface area contributed by atoms with Crippen LogP contribution in [0.5, 0.6) is 0 Å². The standard InChI is InChI=1S/C23H26FN/c1-2-3-4-18-5-7-19(8-6-18)9-10-20-11-16-23(25-17-20)21-12-14-22(24)15-13-21/h11-19H,2-8H2,1H3/t18-,19-. The highest BCUT2D eigenvalue weighted by Gasteiger charge is 2.19. The molecule has 0 spiro atoms. The minimum Gasteiger partial charge on any atom is -0.255 e. The third kappa shape index (κ3) is 5.16. The normalized spacial score (nSPS) is 19.9. The van der Waals surface area contributed by atoms with Crippen LogP contribution in [0.3, 0.4) is 0 Å². The highest BCUT2D eigenvalue weighted by molar-refractivity contribution is 5.59. The Balaban J connectivity index is 1.56. The van der Waals surface area contributed by atoms with Crippen molar-refractivity contribution in [2.45, 2.75) is 51.9 Å². The van der Waals surface area contributed by atoms with Crippen LogP contribution in [0.2, 0.25) is 0 Å². The molecule has 0 saturated heterocycles. The molecule has 0 amide bonds. The van der Waals surface area contributed by atoms with Gasteiger partial charge in [-0.3, -0.25) is 4.98 Å². The summed E-state index contributed by atoms with van der Waals surface area (Å²) in [5.41, 5.74) is 2.73. The van der Waals surface area contributed by atoms with Gasteiger partial charge < -0.3 is 0 Å². The predicted octanol–water partition coefficient (Wildman–Crippen LogP) is 6.24. The van der Waals surface area contributed by atoms with Crippen LogP contribution in [0.25, 0.3) is 11.3 Å². The number of hydrogen-bond donors (Lipinski definition) is 0. The van der Waals surface area contributed by atoms with Crippen molar-refractivity contribution in [2.24, 2.45) is 11.8 Å². The SMILES string of the molecule is CCCC[C@H]1CC[C@H](C#Cc2ccc(-c3ccc(F)cc3)nc2)CC1. The minimum absolute atomic E-state index is 0.226. The Labute approximate surface area is 150 Å². The van der Waals surface area contributed by atoms with Gasteiger partial charge in [-0.2, -0.15) is 0 Å². The quantitative estimate of drug-likeness (QED) is 0.603. The van der Waals surface area contributed by atoms with Crippen molar-refractivity contribution < 1.29 is 4.39 Å². The van der Waals surface area contributed by atoms with Crippen LogP contribution >= 0.6 is 0 Å². The number of aromatic nitrogens is 1. The van der Waals surface area contributed by atoms with Crippen LogP contribution in [-0.4, -0.2) is 4.98 Å². The van der Waals surface area contributed by atoms with E-state index in [4.69, 9.17) is 0 Å². The predicted molar refractivity (Wildman–Crippen MR) is 101 cm³/mol. The molecule has 0 aliphatic heterocycles. The van der Waals surface area contributed by atoms with Gasteiger partial charge in [0, 0.05) is 23.2 Å². The van der Waals surface area contributed by atoms with E-state index in [2.05, 4.69) is 23.7 Å². The molecule has 0 bridgehead atoms. The summed E-state index contributed by atoms with van der Waals surface area (Å²) < 4.78 is 13.0. The van der Waals surface area contributed by atoms with Crippen molar-refractivity contribution >= 4 is 0 Å². The maximum absolute atomic E-state index is 13.0. The van der Waals surface area contributed by atoms with Gasteiger partial charge in [-0.05, 0) is 68.0 Å². The fourth-order valence-corrected chi connectivity index (χ4v) is 3.53. The van der Waals surface area contributed by atoms with Gasteiger partial charge in [-0.25, -0.2) is 4.39 Å². The van der Waals surface area contributed by atoms with Crippen molar-refractivity contribution in [3.8, 4) is 23.1 Å². The average Bonchev–Trinajstić information content (AvgIpc) is 2.67. The van der Waals surface area contributed by atoms with Crippen molar-refractivity contribution in [3.05, 3.63) is 54.0 Å². The van der Waals surface area contributed by atoms with Crippen LogP contribution in [0, 0.1) is 29.5 Å². The molecule has 130 valence electrons. The Morgan fingerprint density at radius 1 is 1.04 bits per heavy atom. The molecule has 1 aliphatic rings. The second kappa shape index (κ2) is 8.81. The number of rotatable bonds is 4. The Morgan fingerprint density at radius 2 is 1.80 bits per heavy atom. The van der Waals surface area contributed by atoms with Crippen molar-refractivity contribution in [2.75, 3.05) is 0 Å². The third-order valence-electron chi connectivity index (χ3n) is 5.14. The first-order valence-electron chi connectivity index (χ1n) is 9.48. The third-order valence-corrected chi connectivity index (χ3v) is 5.14. The van der Waals surface area contributed by atoms with Crippen LogP contribution in [0.15, 0.2) is 42.6 Å². The number of pyridine rings is 1. The van der Waals surface area contributed by atoms with Gasteiger partial charge in [0.1, 0.15) is 5.82 Å². The molecule has 0 N–H and O–H groups in total. The van der Waals surface area contributed by atoms with E-state index < -0.39 is 0 Å². The molecule has 2 heteroatoms. The summed E-state index contributed by atoms with van der Waals surface area (Å²) in [6, 6.07) is 10.4. The Hall–Kier alpha value is -2.14. The molecule has 0 atom stereocenters. The lowest BCUT2D eigenvalue weighted by Crippen LogP contribution is -2.13. The summed E-state index contributed by atoms with van der Waals surface area (Å²) in [6.07, 6.45) is 11.0. The van der Waals surface area contributed by atoms with Gasteiger partial charge in [-0.1, -0.05) is 38.0 Å². The topological polar surface area (TPSA) is 12.9 Å². The molecule has 2 aromatic rings. The maximum atomic E-state index is 13.0. The minimum atomic E-state index is -0.226. The lowest BCUT2D eigenvalue weighted by molar-refractivity contribution is 0.296. The summed E-state index contributed by atoms with van der Waals surface area (Å²) in [4.78, 5) is 4.46. The van der Waals surface area contributed by atoms with Crippen molar-refractivity contribution in [1.82, 2.24) is 4.98 Å². The summed E-state index contributed by atoms with van der Waals surface area (Å²) in [6.45, 7) is 2.27. The van der Waals surface area contributed by atoms with E-state index in [1.807, 2.05) is 18.3 Å². The monoisotopic (exact) mass is 335 g/mol. The number of nitrogens with zero attached hydrogens (tertiary/aromatic N) is 1. The molecule has 1 aliphatic carbocycles. The molecule has 1 heterocycles. The summed E-state index contributed by atoms with van der Waals surface area (Å²) >= 11 is 0. The van der Waals surface area contributed by atoms with Gasteiger partial charge in [0.05, 0.1) is 5.69 Å². The maximum Gasteiger partial charge on any atom is 0.123 e. The average molecular weight is 335 g/mol. The molecule has 0 unspecified atom stereocenters. The van der Waals surface area contributed by atoms with Crippen LogP contribution < -0.4 is 0 Å². The lowest BCUT2D eigenvalue weighted by Gasteiger charge is -2.25. The summed E-state index contributed by atoms with van der Waals surface area (Å²) in [5, 5.41) is 0. The largest absolute Gasteiger partial charge is 0.255 e. The van der Waals surface area contributed by atoms with Gasteiger partial charge in [0.2, 0.25) is 0 Å². The molecule has 25 heavy (non-hydrogen) atoms. The number of unbranched alkanes of at least 4 members (excludes halogenated alkanes) is 1. The zero-order valence-electron chi connectivity index (χ0n) is 15.0. The molecule has 1 saturated carbocycles. The van der Waals surface area contributed by atoms with Gasteiger partial charge in [0.15, 0.2) is 0 Å². The van der Waals surface area contributed by atoms with Gasteiger partial charge >= 0.3 is 0 Å². The highest BCUT2D eigenvalue weighted by Crippen LogP contribution is 2.31. The highest BCUT2D eigenvalue weighted by atomic mass is 19.1. The molecular formula is C23H26FN. The van der Waals surface area contributed by atoms with Crippen molar-refractivity contribution in [3.63, 3.8) is 0 Å². The van der Waals surface area contributed by atoms with Gasteiger partial charge in [-0.15, -0.1) is 0 Å². The van der Waals surface area contributed by atoms with E-state index in [1.165, 1.54) is 57.1 Å². The number of hydrogen-bond acceptors (Lipinski definition) is 1. The number of benzene rings is 1. The fraction of sp³-hybridized carbons (Fsp3) is 0.435. The van der Waals surface area contributed by atoms with E-state index in [0.717, 1.165) is 22.7 Å². The second-order valence-electron chi connectivity index (χ2n) is 7.07. The Bertz CT molecular complexity index is 713. The van der Waals surface area contributed by atoms with Crippen LogP contribution in [-0.2, 0) is 0 Å². The fourth-order valence-electron chi connectivity index (χ4n) is 3.53. The molecule has 1 aromatic carbocycles. The molecule has 0 radical (unpaired) electrons. The zero-order valence-corrected chi connectivity index (χ0v) is 15.0. The molecule has 3 rings (SSSR count). The number of halogens is 1. The summed E-state index contributed by atoms with van der Waals surface area (Å²) in [5.74, 6) is 7.97. The smallest absolute Gasteiger partial charge is 0.123 e. The van der Waals surface area contributed by atoms with E-state index in [1.54, 1.807) is 12.1 Å². The molecule has 1 aromatic heterocycles. The first-order valence-corrected chi connectivity index (χ1v) is 9.48. The first kappa shape index (κ1) is 17.7. The summed E-state index contributed by atoms with van der Waals surface area (Å²) in [7, 11) is 0. The van der Waals surface area contributed by atoms with Gasteiger partial charge in [0.25, 0.3) is 0 Å². The molecule has 1 nitrogen and oxygen atoms in total.